The van der Waals surface area contributed by atoms with Crippen LogP contribution in [0.25, 0.3) is 0 Å². The number of H-pyrrole nitrogens is 1. The minimum atomic E-state index is -0.516. The fourth-order valence-corrected chi connectivity index (χ4v) is 2.52. The van der Waals surface area contributed by atoms with Crippen LogP contribution in [-0.2, 0) is 11.2 Å². The average Bonchev–Trinajstić information content (AvgIpc) is 2.59. The monoisotopic (exact) mass is 306 g/mol. The summed E-state index contributed by atoms with van der Waals surface area (Å²) in [6, 6.07) is 1.50. The summed E-state index contributed by atoms with van der Waals surface area (Å²) >= 11 is 0. The molecule has 0 unspecified atom stereocenters. The highest BCUT2D eigenvalue weighted by Crippen LogP contribution is 2.11. The highest BCUT2D eigenvalue weighted by Gasteiger charge is 2.26. The summed E-state index contributed by atoms with van der Waals surface area (Å²) in [5.74, 6) is -0.0124. The molecule has 0 spiro atoms. The molecule has 7 heteroatoms. The van der Waals surface area contributed by atoms with E-state index < -0.39 is 5.69 Å². The lowest BCUT2D eigenvalue weighted by Gasteiger charge is -2.26. The van der Waals surface area contributed by atoms with Crippen molar-refractivity contribution in [1.29, 1.82) is 0 Å². The first-order chi connectivity index (χ1) is 10.4. The largest absolute Gasteiger partial charge is 0.354 e. The quantitative estimate of drug-likeness (QED) is 0.840. The molecule has 120 valence electrons. The van der Waals surface area contributed by atoms with Crippen molar-refractivity contribution in [2.45, 2.75) is 39.7 Å². The van der Waals surface area contributed by atoms with Gasteiger partial charge in [-0.3, -0.25) is 9.59 Å². The third-order valence-corrected chi connectivity index (χ3v) is 3.62. The Bertz CT molecular complexity index is 623. The van der Waals surface area contributed by atoms with Gasteiger partial charge in [0.1, 0.15) is 5.69 Å². The minimum Gasteiger partial charge on any atom is -0.354 e. The summed E-state index contributed by atoms with van der Waals surface area (Å²) in [5.41, 5.74) is 0.328. The van der Waals surface area contributed by atoms with E-state index in [0.717, 1.165) is 0 Å². The zero-order chi connectivity index (χ0) is 16.3. The van der Waals surface area contributed by atoms with E-state index in [-0.39, 0.29) is 30.0 Å². The van der Waals surface area contributed by atoms with Crippen LogP contribution in [0.3, 0.4) is 0 Å². The number of rotatable bonds is 3. The molecule has 1 aliphatic rings. The van der Waals surface area contributed by atoms with E-state index in [1.54, 1.807) is 11.0 Å². The van der Waals surface area contributed by atoms with E-state index in [4.69, 9.17) is 0 Å². The SMILES string of the molecule is CC(C)Cc1cc(C(=O)N2CCC(=O)NC[C@@H]2C)nc(=O)[nH]1. The number of aromatic amines is 1. The van der Waals surface area contributed by atoms with Gasteiger partial charge in [-0.2, -0.15) is 4.98 Å². The Hall–Kier alpha value is -2.18. The second-order valence-corrected chi connectivity index (χ2v) is 6.10. The maximum absolute atomic E-state index is 12.6. The molecule has 1 atom stereocenters. The lowest BCUT2D eigenvalue weighted by atomic mass is 10.1. The molecule has 1 fully saturated rings. The summed E-state index contributed by atoms with van der Waals surface area (Å²) in [6.07, 6.45) is 0.936. The Morgan fingerprint density at radius 3 is 2.86 bits per heavy atom. The van der Waals surface area contributed by atoms with Crippen molar-refractivity contribution in [2.24, 2.45) is 5.92 Å². The number of carbonyl (C=O) groups excluding carboxylic acids is 2. The van der Waals surface area contributed by atoms with Gasteiger partial charge in [-0.25, -0.2) is 4.79 Å². The number of amides is 2. The zero-order valence-electron chi connectivity index (χ0n) is 13.2. The van der Waals surface area contributed by atoms with Crippen LogP contribution in [0.1, 0.15) is 43.4 Å². The van der Waals surface area contributed by atoms with Crippen molar-refractivity contribution < 1.29 is 9.59 Å². The Balaban J connectivity index is 2.26. The first-order valence-electron chi connectivity index (χ1n) is 7.54. The van der Waals surface area contributed by atoms with Crippen molar-refractivity contribution in [3.8, 4) is 0 Å². The molecule has 2 rings (SSSR count). The zero-order valence-corrected chi connectivity index (χ0v) is 13.2. The van der Waals surface area contributed by atoms with Crippen LogP contribution in [-0.4, -0.2) is 45.8 Å². The highest BCUT2D eigenvalue weighted by molar-refractivity contribution is 5.93. The van der Waals surface area contributed by atoms with Gasteiger partial charge in [-0.05, 0) is 25.3 Å². The molecule has 1 aromatic rings. The third kappa shape index (κ3) is 3.93. The first-order valence-corrected chi connectivity index (χ1v) is 7.54. The van der Waals surface area contributed by atoms with E-state index in [0.29, 0.717) is 31.1 Å². The summed E-state index contributed by atoms with van der Waals surface area (Å²) < 4.78 is 0. The number of aromatic nitrogens is 2. The van der Waals surface area contributed by atoms with Gasteiger partial charge in [-0.1, -0.05) is 13.8 Å². The molecule has 2 N–H and O–H groups in total. The van der Waals surface area contributed by atoms with Gasteiger partial charge in [0.2, 0.25) is 5.91 Å². The molecule has 0 aliphatic carbocycles. The number of hydrogen-bond donors (Lipinski definition) is 2. The Labute approximate surface area is 129 Å². The smallest absolute Gasteiger partial charge is 0.345 e. The molecule has 0 saturated carbocycles. The van der Waals surface area contributed by atoms with E-state index in [1.165, 1.54) is 0 Å². The van der Waals surface area contributed by atoms with Crippen LogP contribution >= 0.6 is 0 Å². The van der Waals surface area contributed by atoms with Crippen LogP contribution in [0, 0.1) is 5.92 Å². The third-order valence-electron chi connectivity index (χ3n) is 3.62. The van der Waals surface area contributed by atoms with Crippen LogP contribution < -0.4 is 11.0 Å². The molecule has 0 aromatic carbocycles. The van der Waals surface area contributed by atoms with Crippen molar-refractivity contribution >= 4 is 11.8 Å². The second kappa shape index (κ2) is 6.72. The Morgan fingerprint density at radius 2 is 2.18 bits per heavy atom. The molecule has 1 saturated heterocycles. The Kier molecular flexibility index (Phi) is 4.95. The van der Waals surface area contributed by atoms with E-state index in [1.807, 2.05) is 20.8 Å². The molecule has 1 aliphatic heterocycles. The maximum Gasteiger partial charge on any atom is 0.345 e. The van der Waals surface area contributed by atoms with Crippen molar-refractivity contribution in [1.82, 2.24) is 20.2 Å². The first kappa shape index (κ1) is 16.2. The molecular formula is C15H22N4O3. The molecule has 2 heterocycles. The van der Waals surface area contributed by atoms with Crippen LogP contribution in [0.15, 0.2) is 10.9 Å². The maximum atomic E-state index is 12.6. The average molecular weight is 306 g/mol. The van der Waals surface area contributed by atoms with Crippen molar-refractivity contribution in [2.75, 3.05) is 13.1 Å². The summed E-state index contributed by atoms with van der Waals surface area (Å²) in [7, 11) is 0. The lowest BCUT2D eigenvalue weighted by Crippen LogP contribution is -2.42. The number of hydrogen-bond acceptors (Lipinski definition) is 4. The number of carbonyl (C=O) groups is 2. The molecule has 1 aromatic heterocycles. The van der Waals surface area contributed by atoms with E-state index in [9.17, 15) is 14.4 Å². The predicted molar refractivity (Wildman–Crippen MR) is 81.5 cm³/mol. The van der Waals surface area contributed by atoms with Gasteiger partial charge in [0.25, 0.3) is 5.91 Å². The molecule has 0 bridgehead atoms. The minimum absolute atomic E-state index is 0.0680. The van der Waals surface area contributed by atoms with Crippen LogP contribution in [0.2, 0.25) is 0 Å². The van der Waals surface area contributed by atoms with E-state index in [2.05, 4.69) is 15.3 Å². The highest BCUT2D eigenvalue weighted by atomic mass is 16.2. The Morgan fingerprint density at radius 1 is 1.45 bits per heavy atom. The van der Waals surface area contributed by atoms with Gasteiger partial charge >= 0.3 is 5.69 Å². The molecule has 22 heavy (non-hydrogen) atoms. The molecule has 2 amide bonds. The van der Waals surface area contributed by atoms with Gasteiger partial charge < -0.3 is 15.2 Å². The summed E-state index contributed by atoms with van der Waals surface area (Å²) in [4.78, 5) is 43.8. The number of nitrogens with one attached hydrogen (secondary N) is 2. The van der Waals surface area contributed by atoms with Crippen LogP contribution in [0.5, 0.6) is 0 Å². The fraction of sp³-hybridized carbons (Fsp3) is 0.600. The standard InChI is InChI=1S/C15H22N4O3/c1-9(2)6-11-7-12(18-15(22)17-11)14(21)19-5-4-13(20)16-8-10(19)3/h7,9-10H,4-6,8H2,1-3H3,(H,16,20)(H,17,18,22)/t10-/m0/s1. The normalized spacial score (nSPS) is 19.0. The molecule has 7 nitrogen and oxygen atoms in total. The molecular weight excluding hydrogens is 284 g/mol. The second-order valence-electron chi connectivity index (χ2n) is 6.10. The van der Waals surface area contributed by atoms with E-state index >= 15 is 0 Å². The molecule has 0 radical (unpaired) electrons. The van der Waals surface area contributed by atoms with Crippen molar-refractivity contribution in [3.05, 3.63) is 27.9 Å². The summed E-state index contributed by atoms with van der Waals surface area (Å²) in [5, 5.41) is 2.76. The fourth-order valence-electron chi connectivity index (χ4n) is 2.52. The van der Waals surface area contributed by atoms with Crippen LogP contribution in [0.4, 0.5) is 0 Å². The van der Waals surface area contributed by atoms with Gasteiger partial charge in [0.15, 0.2) is 0 Å². The van der Waals surface area contributed by atoms with Gasteiger partial charge in [-0.15, -0.1) is 0 Å². The summed E-state index contributed by atoms with van der Waals surface area (Å²) in [6.45, 7) is 6.68. The van der Waals surface area contributed by atoms with Gasteiger partial charge in [0.05, 0.1) is 0 Å². The van der Waals surface area contributed by atoms with Gasteiger partial charge in [0, 0.05) is 31.2 Å². The predicted octanol–water partition coefficient (Wildman–Crippen LogP) is 0.319. The van der Waals surface area contributed by atoms with Crippen molar-refractivity contribution in [3.63, 3.8) is 0 Å². The topological polar surface area (TPSA) is 95.2 Å². The lowest BCUT2D eigenvalue weighted by molar-refractivity contribution is -0.120. The number of nitrogens with zero attached hydrogens (tertiary/aromatic N) is 2.